The number of benzene rings is 5. The van der Waals surface area contributed by atoms with E-state index < -0.39 is 31.5 Å². The molecular formula is C52H64O9Si. The fraction of sp³-hybridized carbons (Fsp3) is 0.423. The first kappa shape index (κ1) is 45.2. The maximum Gasteiger partial charge on any atom is 0.681 e. The summed E-state index contributed by atoms with van der Waals surface area (Å²) in [5.74, 6) is 3.49. The first-order valence-corrected chi connectivity index (χ1v) is 23.0. The summed E-state index contributed by atoms with van der Waals surface area (Å²) < 4.78 is 57.2. The van der Waals surface area contributed by atoms with E-state index in [0.717, 1.165) is 39.0 Å². The molecule has 62 heavy (non-hydrogen) atoms. The summed E-state index contributed by atoms with van der Waals surface area (Å²) in [6, 6.07) is 27.0. The van der Waals surface area contributed by atoms with Gasteiger partial charge < -0.3 is 41.4 Å². The van der Waals surface area contributed by atoms with Crippen LogP contribution in [0.25, 0.3) is 28.0 Å². The average Bonchev–Trinajstić information content (AvgIpc) is 3.42. The zero-order valence-electron chi connectivity index (χ0n) is 39.2. The Morgan fingerprint density at radius 3 is 1.66 bits per heavy atom. The van der Waals surface area contributed by atoms with E-state index in [1.165, 1.54) is 27.8 Å². The highest BCUT2D eigenvalue weighted by Gasteiger charge is 2.54. The van der Waals surface area contributed by atoms with Crippen LogP contribution in [-0.2, 0) is 28.7 Å². The Hall–Kier alpha value is -4.84. The lowest BCUT2D eigenvalue weighted by molar-refractivity contribution is -0.135. The second kappa shape index (κ2) is 16.4. The first-order chi connectivity index (χ1) is 29.0. The zero-order valence-corrected chi connectivity index (χ0v) is 40.2. The van der Waals surface area contributed by atoms with Crippen molar-refractivity contribution >= 4 is 25.9 Å². The van der Waals surface area contributed by atoms with Gasteiger partial charge in [0.05, 0.1) is 44.7 Å². The fourth-order valence-corrected chi connectivity index (χ4v) is 11.5. The molecule has 2 aliphatic rings. The van der Waals surface area contributed by atoms with Crippen molar-refractivity contribution in [3.8, 4) is 39.9 Å². The minimum Gasteiger partial charge on any atom is -0.497 e. The van der Waals surface area contributed by atoms with Crippen LogP contribution in [0.15, 0.2) is 84.9 Å². The highest BCUT2D eigenvalue weighted by atomic mass is 28.4. The maximum absolute atomic E-state index is 7.57. The largest absolute Gasteiger partial charge is 0.681 e. The third-order valence-electron chi connectivity index (χ3n) is 11.0. The van der Waals surface area contributed by atoms with Gasteiger partial charge in [-0.25, -0.2) is 0 Å². The highest BCUT2D eigenvalue weighted by molar-refractivity contribution is 6.54. The zero-order chi connectivity index (χ0) is 45.0. The molecule has 0 amide bonds. The predicted octanol–water partition coefficient (Wildman–Crippen LogP) is 12.1. The molecule has 0 N–H and O–H groups in total. The van der Waals surface area contributed by atoms with Crippen LogP contribution in [-0.4, -0.2) is 60.4 Å². The Morgan fingerprint density at radius 1 is 0.613 bits per heavy atom. The topological polar surface area (TPSA) is 83.1 Å². The maximum atomic E-state index is 7.57. The summed E-state index contributed by atoms with van der Waals surface area (Å²) in [5.41, 5.74) is 6.01. The van der Waals surface area contributed by atoms with Gasteiger partial charge >= 0.3 is 9.05 Å². The van der Waals surface area contributed by atoms with Crippen molar-refractivity contribution < 1.29 is 41.4 Å². The molecule has 1 unspecified atom stereocenters. The van der Waals surface area contributed by atoms with Crippen molar-refractivity contribution in [2.75, 3.05) is 34.5 Å². The summed E-state index contributed by atoms with van der Waals surface area (Å²) in [5, 5.41) is 1.97. The molecule has 0 radical (unpaired) electrons. The van der Waals surface area contributed by atoms with Crippen LogP contribution < -0.4 is 23.7 Å². The predicted molar refractivity (Wildman–Crippen MR) is 249 cm³/mol. The molecule has 0 fully saturated rings. The van der Waals surface area contributed by atoms with E-state index in [2.05, 4.69) is 81.5 Å². The summed E-state index contributed by atoms with van der Waals surface area (Å²) in [6.07, 6.45) is 4.43. The molecular weight excluding hydrogens is 797 g/mol. The number of fused-ring (bicyclic) bond motifs is 8. The smallest absolute Gasteiger partial charge is 0.497 e. The summed E-state index contributed by atoms with van der Waals surface area (Å²) in [6.45, 7) is 25.0. The van der Waals surface area contributed by atoms with Crippen molar-refractivity contribution in [3.05, 3.63) is 118 Å². The minimum absolute atomic E-state index is 0.195. The van der Waals surface area contributed by atoms with Gasteiger partial charge in [0.15, 0.2) is 17.1 Å². The lowest BCUT2D eigenvalue weighted by Gasteiger charge is -2.41. The van der Waals surface area contributed by atoms with Crippen molar-refractivity contribution in [1.29, 1.82) is 0 Å². The molecule has 10 heteroatoms. The molecule has 5 aromatic rings. The SMILES string of the molecule is COc1ccc(C2(c3ccc(OCCO[Si](OC(C)(C)C)(OC(C)(C)C)OC(C)(C)C)cc3)C=Cc3c4c(c5cc(OC)c(OC)cc5c3O2)-c2ccc(C)cc2C4(C)C)cc1. The molecule has 0 aromatic heterocycles. The normalized spacial score (nSPS) is 17.0. The molecule has 0 saturated carbocycles. The lowest BCUT2D eigenvalue weighted by atomic mass is 9.76. The Balaban J connectivity index is 1.28. The summed E-state index contributed by atoms with van der Waals surface area (Å²) >= 11 is 0. The third-order valence-corrected chi connectivity index (χ3v) is 14.2. The van der Waals surface area contributed by atoms with E-state index in [1.807, 2.05) is 92.6 Å². The van der Waals surface area contributed by atoms with E-state index >= 15 is 0 Å². The number of ether oxygens (including phenoxy) is 5. The molecule has 1 aliphatic carbocycles. The van der Waals surface area contributed by atoms with Crippen molar-refractivity contribution in [2.24, 2.45) is 0 Å². The number of rotatable bonds is 13. The van der Waals surface area contributed by atoms with Crippen LogP contribution in [0.2, 0.25) is 0 Å². The molecule has 330 valence electrons. The molecule has 9 nitrogen and oxygen atoms in total. The van der Waals surface area contributed by atoms with Gasteiger partial charge in [0.25, 0.3) is 0 Å². The van der Waals surface area contributed by atoms with E-state index in [1.54, 1.807) is 21.3 Å². The van der Waals surface area contributed by atoms with Gasteiger partial charge in [0.1, 0.15) is 23.9 Å². The van der Waals surface area contributed by atoms with Gasteiger partial charge in [-0.2, -0.15) is 0 Å². The van der Waals surface area contributed by atoms with Gasteiger partial charge in [-0.15, -0.1) is 0 Å². The second-order valence-corrected chi connectivity index (χ2v) is 21.6. The van der Waals surface area contributed by atoms with E-state index in [4.69, 9.17) is 41.4 Å². The van der Waals surface area contributed by atoms with Crippen molar-refractivity contribution in [3.63, 3.8) is 0 Å². The van der Waals surface area contributed by atoms with Gasteiger partial charge in [-0.05, 0) is 139 Å². The fourth-order valence-electron chi connectivity index (χ4n) is 8.64. The van der Waals surface area contributed by atoms with E-state index in [0.29, 0.717) is 17.2 Å². The van der Waals surface area contributed by atoms with Crippen LogP contribution in [0.4, 0.5) is 0 Å². The molecule has 1 atom stereocenters. The Bertz CT molecular complexity index is 2430. The van der Waals surface area contributed by atoms with Gasteiger partial charge in [0, 0.05) is 27.5 Å². The molecule has 1 heterocycles. The number of hydrogen-bond acceptors (Lipinski definition) is 9. The number of hydrogen-bond donors (Lipinski definition) is 0. The molecule has 1 aliphatic heterocycles. The van der Waals surface area contributed by atoms with Crippen LogP contribution in [0.1, 0.15) is 110 Å². The van der Waals surface area contributed by atoms with Crippen LogP contribution in [0, 0.1) is 6.92 Å². The summed E-state index contributed by atoms with van der Waals surface area (Å²) in [4.78, 5) is 0. The van der Waals surface area contributed by atoms with Crippen LogP contribution in [0.5, 0.6) is 28.7 Å². The average molecular weight is 861 g/mol. The van der Waals surface area contributed by atoms with Crippen molar-refractivity contribution in [1.82, 2.24) is 0 Å². The lowest BCUT2D eigenvalue weighted by Crippen LogP contribution is -2.59. The van der Waals surface area contributed by atoms with Crippen LogP contribution in [0.3, 0.4) is 0 Å². The van der Waals surface area contributed by atoms with E-state index in [9.17, 15) is 0 Å². The van der Waals surface area contributed by atoms with E-state index in [-0.39, 0.29) is 18.6 Å². The quantitative estimate of drug-likeness (QED) is 0.0849. The van der Waals surface area contributed by atoms with Gasteiger partial charge in [-0.3, -0.25) is 0 Å². The molecule has 7 rings (SSSR count). The Labute approximate surface area is 369 Å². The molecule has 0 bridgehead atoms. The Kier molecular flexibility index (Phi) is 11.9. The first-order valence-electron chi connectivity index (χ1n) is 21.4. The number of methoxy groups -OCH3 is 3. The van der Waals surface area contributed by atoms with Crippen LogP contribution >= 0.6 is 0 Å². The molecule has 0 spiro atoms. The van der Waals surface area contributed by atoms with Gasteiger partial charge in [0.2, 0.25) is 0 Å². The third kappa shape index (κ3) is 8.86. The molecule has 0 saturated heterocycles. The monoisotopic (exact) mass is 860 g/mol. The molecule has 5 aromatic carbocycles. The van der Waals surface area contributed by atoms with Crippen molar-refractivity contribution in [2.45, 2.75) is 111 Å². The number of aryl methyl sites for hydroxylation is 1. The standard InChI is InChI=1S/C52H64O9Si/c1-33-16-25-38-42(30-33)51(11,12)46-39-26-27-52(34-17-21-36(53-13)22-18-34,58-47(39)41-32-44(55-15)43(54-14)31-40(41)45(38)46)35-19-23-37(24-20-35)56-28-29-57-62(59-48(2,3)4,60-49(5,6)7)61-50(8,9)10/h16-27,30-32H,28-29H2,1-15H3. The second-order valence-electron chi connectivity index (χ2n) is 19.7. The van der Waals surface area contributed by atoms with Gasteiger partial charge in [-0.1, -0.05) is 68.0 Å². The Morgan fingerprint density at radius 2 is 1.15 bits per heavy atom. The summed E-state index contributed by atoms with van der Waals surface area (Å²) in [7, 11) is 1.37. The highest BCUT2D eigenvalue weighted by Crippen LogP contribution is 2.59. The minimum atomic E-state index is -3.65.